The van der Waals surface area contributed by atoms with E-state index in [1.165, 1.54) is 12.5 Å². The van der Waals surface area contributed by atoms with Crippen molar-refractivity contribution in [3.05, 3.63) is 59.4 Å². The molecule has 3 rings (SSSR count). The molecule has 0 aliphatic carbocycles. The molecule has 0 radical (unpaired) electrons. The van der Waals surface area contributed by atoms with Crippen molar-refractivity contribution in [2.24, 2.45) is 7.05 Å². The first-order chi connectivity index (χ1) is 11.5. The van der Waals surface area contributed by atoms with E-state index < -0.39 is 0 Å². The summed E-state index contributed by atoms with van der Waals surface area (Å²) in [4.78, 5) is 26.2. The van der Waals surface area contributed by atoms with Crippen molar-refractivity contribution in [3.8, 4) is 0 Å². The van der Waals surface area contributed by atoms with Crippen molar-refractivity contribution in [1.29, 1.82) is 0 Å². The van der Waals surface area contributed by atoms with E-state index in [1.807, 2.05) is 34.8 Å². The Balaban J connectivity index is 1.85. The van der Waals surface area contributed by atoms with Crippen LogP contribution in [0.4, 0.5) is 0 Å². The van der Waals surface area contributed by atoms with E-state index in [9.17, 15) is 9.59 Å². The zero-order chi connectivity index (χ0) is 17.3. The first-order valence-electron chi connectivity index (χ1n) is 8.20. The molecule has 2 amide bonds. The van der Waals surface area contributed by atoms with Gasteiger partial charge in [-0.1, -0.05) is 29.8 Å². The highest BCUT2D eigenvalue weighted by atomic mass is 16.2. The monoisotopic (exact) mass is 325 g/mol. The molecule has 1 aliphatic rings. The van der Waals surface area contributed by atoms with E-state index in [-0.39, 0.29) is 23.8 Å². The molecular weight excluding hydrogens is 302 g/mol. The Morgan fingerprint density at radius 3 is 2.42 bits per heavy atom. The normalized spacial score (nSPS) is 20.2. The highest BCUT2D eigenvalue weighted by Gasteiger charge is 2.37. The molecule has 1 aromatic carbocycles. The fourth-order valence-corrected chi connectivity index (χ4v) is 3.37. The second-order valence-electron chi connectivity index (χ2n) is 6.54. The largest absolute Gasteiger partial charge is 0.351 e. The summed E-state index contributed by atoms with van der Waals surface area (Å²) in [6.45, 7) is 4.71. The lowest BCUT2D eigenvalue weighted by Crippen LogP contribution is -2.39. The molecule has 2 atom stereocenters. The molecule has 1 fully saturated rings. The van der Waals surface area contributed by atoms with E-state index in [1.54, 1.807) is 0 Å². The van der Waals surface area contributed by atoms with Crippen LogP contribution in [0.3, 0.4) is 0 Å². The van der Waals surface area contributed by atoms with Crippen LogP contribution >= 0.6 is 0 Å². The smallest absolute Gasteiger partial charge is 0.270 e. The van der Waals surface area contributed by atoms with Gasteiger partial charge in [0.25, 0.3) is 5.91 Å². The summed E-state index contributed by atoms with van der Waals surface area (Å²) in [5.74, 6) is 0.0523. The molecule has 1 aliphatic heterocycles. The summed E-state index contributed by atoms with van der Waals surface area (Å²) in [5, 5.41) is 3.01. The van der Waals surface area contributed by atoms with Gasteiger partial charge in [-0.25, -0.2) is 0 Å². The molecule has 5 heteroatoms. The Labute approximate surface area is 142 Å². The Hall–Kier alpha value is -2.56. The first-order valence-corrected chi connectivity index (χ1v) is 8.20. The van der Waals surface area contributed by atoms with Gasteiger partial charge in [0, 0.05) is 39.2 Å². The van der Waals surface area contributed by atoms with Gasteiger partial charge in [0.05, 0.1) is 6.04 Å². The maximum atomic E-state index is 12.8. The molecule has 1 N–H and O–H groups in total. The fourth-order valence-electron chi connectivity index (χ4n) is 3.37. The fraction of sp³-hybridized carbons (Fsp3) is 0.368. The highest BCUT2D eigenvalue weighted by molar-refractivity contribution is 5.93. The van der Waals surface area contributed by atoms with E-state index in [4.69, 9.17) is 0 Å². The zero-order valence-corrected chi connectivity index (χ0v) is 14.3. The van der Waals surface area contributed by atoms with Gasteiger partial charge in [-0.3, -0.25) is 9.59 Å². The van der Waals surface area contributed by atoms with Crippen LogP contribution in [-0.2, 0) is 11.8 Å². The SMILES string of the molecule is CC(=O)N[C@@H]1CN(C(=O)c2cccn2C)C[C@H]1c1ccc(C)cc1. The van der Waals surface area contributed by atoms with E-state index in [2.05, 4.69) is 36.5 Å². The van der Waals surface area contributed by atoms with Crippen molar-refractivity contribution >= 4 is 11.8 Å². The molecule has 0 spiro atoms. The van der Waals surface area contributed by atoms with Gasteiger partial charge >= 0.3 is 0 Å². The number of amides is 2. The Kier molecular flexibility index (Phi) is 4.42. The van der Waals surface area contributed by atoms with Crippen LogP contribution in [0.15, 0.2) is 42.6 Å². The Morgan fingerprint density at radius 2 is 1.83 bits per heavy atom. The van der Waals surface area contributed by atoms with Crippen molar-refractivity contribution in [1.82, 2.24) is 14.8 Å². The van der Waals surface area contributed by atoms with Crippen LogP contribution in [-0.4, -0.2) is 40.4 Å². The van der Waals surface area contributed by atoms with Gasteiger partial charge in [0.15, 0.2) is 0 Å². The summed E-state index contributed by atoms with van der Waals surface area (Å²) in [6.07, 6.45) is 1.87. The third-order valence-corrected chi connectivity index (χ3v) is 4.66. The molecule has 0 saturated carbocycles. The lowest BCUT2D eigenvalue weighted by atomic mass is 9.93. The maximum Gasteiger partial charge on any atom is 0.270 e. The van der Waals surface area contributed by atoms with Crippen LogP contribution in [0.25, 0.3) is 0 Å². The summed E-state index contributed by atoms with van der Waals surface area (Å²) in [7, 11) is 1.87. The third kappa shape index (κ3) is 3.20. The van der Waals surface area contributed by atoms with Crippen molar-refractivity contribution < 1.29 is 9.59 Å². The minimum absolute atomic E-state index is 0.00691. The molecule has 1 aromatic heterocycles. The van der Waals surface area contributed by atoms with Gasteiger partial charge in [0.1, 0.15) is 5.69 Å². The van der Waals surface area contributed by atoms with Crippen molar-refractivity contribution in [2.45, 2.75) is 25.8 Å². The number of benzene rings is 1. The number of nitrogens with zero attached hydrogens (tertiary/aromatic N) is 2. The van der Waals surface area contributed by atoms with Gasteiger partial charge in [-0.15, -0.1) is 0 Å². The third-order valence-electron chi connectivity index (χ3n) is 4.66. The van der Waals surface area contributed by atoms with Crippen molar-refractivity contribution in [2.75, 3.05) is 13.1 Å². The van der Waals surface area contributed by atoms with Crippen LogP contribution in [0.1, 0.15) is 34.5 Å². The highest BCUT2D eigenvalue weighted by Crippen LogP contribution is 2.29. The predicted octanol–water partition coefficient (Wildman–Crippen LogP) is 2.08. The van der Waals surface area contributed by atoms with E-state index in [0.717, 1.165) is 5.56 Å². The number of hydrogen-bond donors (Lipinski definition) is 1. The number of rotatable bonds is 3. The van der Waals surface area contributed by atoms with Crippen LogP contribution in [0.2, 0.25) is 0 Å². The Morgan fingerprint density at radius 1 is 1.12 bits per heavy atom. The average Bonchev–Trinajstić information content (AvgIpc) is 3.13. The summed E-state index contributed by atoms with van der Waals surface area (Å²) < 4.78 is 1.83. The number of nitrogens with one attached hydrogen (secondary N) is 1. The molecule has 0 bridgehead atoms. The van der Waals surface area contributed by atoms with Gasteiger partial charge < -0.3 is 14.8 Å². The number of likely N-dealkylation sites (tertiary alicyclic amines) is 1. The second kappa shape index (κ2) is 6.51. The lowest BCUT2D eigenvalue weighted by molar-refractivity contribution is -0.119. The molecular formula is C19H23N3O2. The first kappa shape index (κ1) is 16.3. The number of carbonyl (C=O) groups excluding carboxylic acids is 2. The molecule has 2 heterocycles. The molecule has 126 valence electrons. The van der Waals surface area contributed by atoms with Crippen molar-refractivity contribution in [3.63, 3.8) is 0 Å². The summed E-state index contributed by atoms with van der Waals surface area (Å²) in [5.41, 5.74) is 3.02. The minimum atomic E-state index is -0.0646. The minimum Gasteiger partial charge on any atom is -0.351 e. The van der Waals surface area contributed by atoms with Gasteiger partial charge in [-0.05, 0) is 24.6 Å². The van der Waals surface area contributed by atoms with E-state index >= 15 is 0 Å². The standard InChI is InChI=1S/C19H23N3O2/c1-13-6-8-15(9-7-13)16-11-22(12-17(16)20-14(2)23)19(24)18-5-4-10-21(18)3/h4-10,16-17H,11-12H2,1-3H3,(H,20,23)/t16-,17+/m0/s1. The molecule has 24 heavy (non-hydrogen) atoms. The number of aryl methyl sites for hydroxylation is 2. The molecule has 2 aromatic rings. The number of hydrogen-bond acceptors (Lipinski definition) is 2. The van der Waals surface area contributed by atoms with Crippen LogP contribution in [0.5, 0.6) is 0 Å². The van der Waals surface area contributed by atoms with Crippen LogP contribution < -0.4 is 5.32 Å². The van der Waals surface area contributed by atoms with Gasteiger partial charge in [-0.2, -0.15) is 0 Å². The van der Waals surface area contributed by atoms with Crippen LogP contribution in [0, 0.1) is 6.92 Å². The zero-order valence-electron chi connectivity index (χ0n) is 14.3. The molecule has 0 unspecified atom stereocenters. The second-order valence-corrected chi connectivity index (χ2v) is 6.54. The number of aromatic nitrogens is 1. The average molecular weight is 325 g/mol. The van der Waals surface area contributed by atoms with Gasteiger partial charge in [0.2, 0.25) is 5.91 Å². The Bertz CT molecular complexity index is 748. The lowest BCUT2D eigenvalue weighted by Gasteiger charge is -2.19. The molecule has 1 saturated heterocycles. The maximum absolute atomic E-state index is 12.8. The summed E-state index contributed by atoms with van der Waals surface area (Å²) >= 11 is 0. The summed E-state index contributed by atoms with van der Waals surface area (Å²) in [6, 6.07) is 12.0. The molecule has 5 nitrogen and oxygen atoms in total. The number of carbonyl (C=O) groups is 2. The predicted molar refractivity (Wildman–Crippen MR) is 92.8 cm³/mol. The quantitative estimate of drug-likeness (QED) is 0.939. The topological polar surface area (TPSA) is 54.3 Å². The van der Waals surface area contributed by atoms with E-state index in [0.29, 0.717) is 18.8 Å².